The largest absolute Gasteiger partial charge is 0.497 e. The Morgan fingerprint density at radius 3 is 2.82 bits per heavy atom. The summed E-state index contributed by atoms with van der Waals surface area (Å²) in [6.07, 6.45) is 7.01. The van der Waals surface area contributed by atoms with Gasteiger partial charge in [-0.25, -0.2) is 4.98 Å². The molecule has 0 saturated carbocycles. The van der Waals surface area contributed by atoms with Crippen molar-refractivity contribution in [1.29, 1.82) is 0 Å². The second kappa shape index (κ2) is 8.19. The normalized spacial score (nSPS) is 13.3. The van der Waals surface area contributed by atoms with Gasteiger partial charge in [-0.1, -0.05) is 18.2 Å². The molecule has 0 fully saturated rings. The summed E-state index contributed by atoms with van der Waals surface area (Å²) in [7, 11) is 1.67. The molecule has 28 heavy (non-hydrogen) atoms. The molecule has 146 valence electrons. The molecule has 2 heterocycles. The number of nitrogens with zero attached hydrogens (tertiary/aromatic N) is 2. The monoisotopic (exact) mass is 395 g/mol. The summed E-state index contributed by atoms with van der Waals surface area (Å²) >= 11 is 1.68. The average molecular weight is 396 g/mol. The Labute approximate surface area is 168 Å². The van der Waals surface area contributed by atoms with Crippen LogP contribution in [0, 0.1) is 0 Å². The molecule has 2 aromatic heterocycles. The third kappa shape index (κ3) is 3.56. The number of nitrogens with one attached hydrogen (secondary N) is 1. The van der Waals surface area contributed by atoms with E-state index < -0.39 is 0 Å². The number of aromatic nitrogens is 2. The van der Waals surface area contributed by atoms with Crippen molar-refractivity contribution in [3.63, 3.8) is 0 Å². The molecule has 0 atom stereocenters. The molecule has 0 amide bonds. The summed E-state index contributed by atoms with van der Waals surface area (Å²) < 4.78 is 6.92. The number of anilines is 1. The highest BCUT2D eigenvalue weighted by atomic mass is 32.1. The molecule has 0 unspecified atom stereocenters. The van der Waals surface area contributed by atoms with Gasteiger partial charge in [0, 0.05) is 18.0 Å². The van der Waals surface area contributed by atoms with E-state index in [-0.39, 0.29) is 5.56 Å². The van der Waals surface area contributed by atoms with Crippen molar-refractivity contribution in [3.05, 3.63) is 63.3 Å². The van der Waals surface area contributed by atoms with E-state index in [1.165, 1.54) is 22.4 Å². The van der Waals surface area contributed by atoms with Crippen LogP contribution in [0.15, 0.2) is 41.7 Å². The van der Waals surface area contributed by atoms with E-state index in [0.717, 1.165) is 41.6 Å². The van der Waals surface area contributed by atoms with Crippen molar-refractivity contribution in [2.45, 2.75) is 38.6 Å². The lowest BCUT2D eigenvalue weighted by Crippen LogP contribution is -2.25. The Morgan fingerprint density at radius 1 is 1.29 bits per heavy atom. The van der Waals surface area contributed by atoms with Crippen LogP contribution in [0.2, 0.25) is 0 Å². The average Bonchev–Trinajstić information content (AvgIpc) is 3.09. The zero-order chi connectivity index (χ0) is 19.5. The highest BCUT2D eigenvalue weighted by Gasteiger charge is 2.21. The van der Waals surface area contributed by atoms with Crippen molar-refractivity contribution < 1.29 is 4.74 Å². The minimum Gasteiger partial charge on any atom is -0.497 e. The molecule has 1 N–H and O–H groups in total. The molecule has 0 saturated heterocycles. The topological polar surface area (TPSA) is 56.1 Å². The first-order chi connectivity index (χ1) is 13.7. The fourth-order valence-corrected chi connectivity index (χ4v) is 5.03. The van der Waals surface area contributed by atoms with E-state index in [0.29, 0.717) is 19.0 Å². The molecule has 4 rings (SSSR count). The highest BCUT2D eigenvalue weighted by molar-refractivity contribution is 7.18. The maximum absolute atomic E-state index is 13.2. The van der Waals surface area contributed by atoms with E-state index in [4.69, 9.17) is 9.72 Å². The zero-order valence-corrected chi connectivity index (χ0v) is 17.0. The van der Waals surface area contributed by atoms with Crippen molar-refractivity contribution in [3.8, 4) is 5.75 Å². The van der Waals surface area contributed by atoms with Crippen LogP contribution < -0.4 is 15.6 Å². The van der Waals surface area contributed by atoms with Crippen LogP contribution in [0.3, 0.4) is 0 Å². The standard InChI is InChI=1S/C22H25N3O2S/c1-3-14-25-21(26)19-17-6-4-5-7-18(17)28-20(19)24-22(25)23-13-12-15-8-10-16(27-2)11-9-15/h3,8-11H,1,4-7,12-14H2,2H3,(H,23,24). The summed E-state index contributed by atoms with van der Waals surface area (Å²) in [6.45, 7) is 4.97. The molecule has 1 aliphatic carbocycles. The Bertz CT molecular complexity index is 1050. The fraction of sp³-hybridized carbons (Fsp3) is 0.364. The van der Waals surface area contributed by atoms with Crippen LogP contribution in [-0.2, 0) is 25.8 Å². The summed E-state index contributed by atoms with van der Waals surface area (Å²) in [5.74, 6) is 1.48. The molecule has 3 aromatic rings. The van der Waals surface area contributed by atoms with Crippen molar-refractivity contribution in [2.75, 3.05) is 19.0 Å². The quantitative estimate of drug-likeness (QED) is 0.610. The number of methoxy groups -OCH3 is 1. The van der Waals surface area contributed by atoms with Gasteiger partial charge in [-0.2, -0.15) is 0 Å². The van der Waals surface area contributed by atoms with Gasteiger partial charge in [0.2, 0.25) is 5.95 Å². The van der Waals surface area contributed by atoms with Crippen molar-refractivity contribution >= 4 is 27.5 Å². The number of ether oxygens (including phenoxy) is 1. The predicted octanol–water partition coefficient (Wildman–Crippen LogP) is 4.19. The Morgan fingerprint density at radius 2 is 2.07 bits per heavy atom. The first kappa shape index (κ1) is 18.7. The van der Waals surface area contributed by atoms with Crippen LogP contribution in [0.5, 0.6) is 5.75 Å². The van der Waals surface area contributed by atoms with Crippen LogP contribution in [-0.4, -0.2) is 23.2 Å². The summed E-state index contributed by atoms with van der Waals surface area (Å²) in [4.78, 5) is 20.2. The maximum atomic E-state index is 13.2. The van der Waals surface area contributed by atoms with Crippen LogP contribution in [0.1, 0.15) is 28.8 Å². The molecule has 6 heteroatoms. The Kier molecular flexibility index (Phi) is 5.48. The van der Waals surface area contributed by atoms with Gasteiger partial charge in [0.1, 0.15) is 10.6 Å². The first-order valence-electron chi connectivity index (χ1n) is 9.74. The van der Waals surface area contributed by atoms with E-state index >= 15 is 0 Å². The van der Waals surface area contributed by atoms with Crippen LogP contribution in [0.4, 0.5) is 5.95 Å². The van der Waals surface area contributed by atoms with Gasteiger partial charge in [0.15, 0.2) is 0 Å². The predicted molar refractivity (Wildman–Crippen MR) is 116 cm³/mol. The van der Waals surface area contributed by atoms with Crippen molar-refractivity contribution in [1.82, 2.24) is 9.55 Å². The lowest BCUT2D eigenvalue weighted by atomic mass is 9.97. The number of allylic oxidation sites excluding steroid dienone is 1. The number of fused-ring (bicyclic) bond motifs is 3. The van der Waals surface area contributed by atoms with E-state index in [1.807, 2.05) is 12.1 Å². The minimum atomic E-state index is 0.0521. The molecule has 0 spiro atoms. The molecular formula is C22H25N3O2S. The number of thiophene rings is 1. The molecule has 1 aliphatic rings. The summed E-state index contributed by atoms with van der Waals surface area (Å²) in [5.41, 5.74) is 2.49. The minimum absolute atomic E-state index is 0.0521. The third-order valence-corrected chi connectivity index (χ3v) is 6.43. The molecule has 1 aromatic carbocycles. The van der Waals surface area contributed by atoms with Gasteiger partial charge in [-0.05, 0) is 55.4 Å². The summed E-state index contributed by atoms with van der Waals surface area (Å²) in [5, 5.41) is 4.19. The van der Waals surface area contributed by atoms with E-state index in [2.05, 4.69) is 24.0 Å². The van der Waals surface area contributed by atoms with Gasteiger partial charge in [0.25, 0.3) is 5.56 Å². The second-order valence-corrected chi connectivity index (χ2v) is 8.14. The van der Waals surface area contributed by atoms with Gasteiger partial charge in [-0.15, -0.1) is 17.9 Å². The van der Waals surface area contributed by atoms with Gasteiger partial charge in [0.05, 0.1) is 12.5 Å². The fourth-order valence-electron chi connectivity index (χ4n) is 3.78. The maximum Gasteiger partial charge on any atom is 0.264 e. The lowest BCUT2D eigenvalue weighted by molar-refractivity contribution is 0.414. The number of benzene rings is 1. The zero-order valence-electron chi connectivity index (χ0n) is 16.2. The van der Waals surface area contributed by atoms with Crippen LogP contribution >= 0.6 is 11.3 Å². The molecule has 0 radical (unpaired) electrons. The molecule has 0 aliphatic heterocycles. The third-order valence-electron chi connectivity index (χ3n) is 5.24. The lowest BCUT2D eigenvalue weighted by Gasteiger charge is -2.14. The van der Waals surface area contributed by atoms with Crippen molar-refractivity contribution in [2.24, 2.45) is 0 Å². The van der Waals surface area contributed by atoms with E-state index in [9.17, 15) is 4.79 Å². The summed E-state index contributed by atoms with van der Waals surface area (Å²) in [6, 6.07) is 8.04. The number of rotatable bonds is 7. The van der Waals surface area contributed by atoms with Gasteiger partial charge >= 0.3 is 0 Å². The molecule has 0 bridgehead atoms. The second-order valence-electron chi connectivity index (χ2n) is 7.06. The highest BCUT2D eigenvalue weighted by Crippen LogP contribution is 2.34. The number of hydrogen-bond acceptors (Lipinski definition) is 5. The van der Waals surface area contributed by atoms with E-state index in [1.54, 1.807) is 29.1 Å². The molecule has 5 nitrogen and oxygen atoms in total. The van der Waals surface area contributed by atoms with Crippen LogP contribution in [0.25, 0.3) is 10.2 Å². The number of hydrogen-bond donors (Lipinski definition) is 1. The number of aryl methyl sites for hydroxylation is 2. The van der Waals surface area contributed by atoms with Gasteiger partial charge in [-0.3, -0.25) is 9.36 Å². The Hall–Kier alpha value is -2.60. The smallest absolute Gasteiger partial charge is 0.264 e. The SMILES string of the molecule is C=CCn1c(NCCc2ccc(OC)cc2)nc2sc3c(c2c1=O)CCCC3. The Balaban J connectivity index is 1.60. The molecular weight excluding hydrogens is 370 g/mol. The first-order valence-corrected chi connectivity index (χ1v) is 10.6. The van der Waals surface area contributed by atoms with Gasteiger partial charge < -0.3 is 10.1 Å².